The van der Waals surface area contributed by atoms with Crippen molar-refractivity contribution in [3.8, 4) is 0 Å². The minimum Gasteiger partial charge on any atom is -0.297 e. The number of hydrogen-bond donors (Lipinski definition) is 0. The molecule has 0 N–H and O–H groups in total. The van der Waals surface area contributed by atoms with Crippen molar-refractivity contribution in [2.75, 3.05) is 26.2 Å². The van der Waals surface area contributed by atoms with Gasteiger partial charge in [-0.05, 0) is 23.5 Å². The lowest BCUT2D eigenvalue weighted by atomic mass is 10.0. The molecule has 0 spiro atoms. The molecular weight excluding hydrogens is 382 g/mol. The number of benzene rings is 1. The molecule has 4 rings (SSSR count). The van der Waals surface area contributed by atoms with Crippen molar-refractivity contribution in [3.63, 3.8) is 0 Å². The van der Waals surface area contributed by atoms with E-state index in [0.717, 1.165) is 56.4 Å². The Morgan fingerprint density at radius 2 is 1.69 bits per heavy atom. The van der Waals surface area contributed by atoms with Gasteiger partial charge in [-0.15, -0.1) is 0 Å². The Bertz CT molecular complexity index is 1020. The Morgan fingerprint density at radius 1 is 1.03 bits per heavy atom. The van der Waals surface area contributed by atoms with E-state index in [-0.39, 0.29) is 5.56 Å². The van der Waals surface area contributed by atoms with Gasteiger partial charge in [0.2, 0.25) is 4.96 Å². The SMILES string of the molecule is CCc1nn2c(=O)cc(CN3CCN(Cc4ccc(C(C)C)cc4)CC3)nc2s1. The standard InChI is InChI=1S/C22H29N5OS/c1-4-20-24-27-21(28)13-19(23-22(27)29-20)15-26-11-9-25(10-12-26)14-17-5-7-18(8-6-17)16(2)3/h5-8,13,16H,4,9-12,14-15H2,1-3H3. The van der Waals surface area contributed by atoms with Crippen molar-refractivity contribution < 1.29 is 0 Å². The number of piperazine rings is 1. The van der Waals surface area contributed by atoms with Gasteiger partial charge in [0.15, 0.2) is 0 Å². The van der Waals surface area contributed by atoms with Crippen LogP contribution in [0.3, 0.4) is 0 Å². The summed E-state index contributed by atoms with van der Waals surface area (Å²) in [5.74, 6) is 0.576. The summed E-state index contributed by atoms with van der Waals surface area (Å²) in [6.07, 6.45) is 0.824. The third-order valence-electron chi connectivity index (χ3n) is 5.55. The molecule has 0 amide bonds. The van der Waals surface area contributed by atoms with Crippen LogP contribution in [0.25, 0.3) is 4.96 Å². The molecule has 7 heteroatoms. The van der Waals surface area contributed by atoms with E-state index >= 15 is 0 Å². The first-order valence-electron chi connectivity index (χ1n) is 10.4. The van der Waals surface area contributed by atoms with E-state index in [4.69, 9.17) is 0 Å². The highest BCUT2D eigenvalue weighted by Gasteiger charge is 2.18. The fourth-order valence-electron chi connectivity index (χ4n) is 3.72. The average Bonchev–Trinajstić information content (AvgIpc) is 3.14. The zero-order chi connectivity index (χ0) is 20.4. The van der Waals surface area contributed by atoms with Crippen LogP contribution in [0.4, 0.5) is 0 Å². The van der Waals surface area contributed by atoms with Crippen molar-refractivity contribution in [1.82, 2.24) is 24.4 Å². The normalized spacial score (nSPS) is 16.1. The molecule has 1 saturated heterocycles. The first-order chi connectivity index (χ1) is 14.0. The molecule has 0 unspecified atom stereocenters. The molecule has 1 aliphatic rings. The molecule has 3 heterocycles. The summed E-state index contributed by atoms with van der Waals surface area (Å²) in [5.41, 5.74) is 3.54. The number of fused-ring (bicyclic) bond motifs is 1. The highest BCUT2D eigenvalue weighted by molar-refractivity contribution is 7.16. The Labute approximate surface area is 175 Å². The molecule has 154 valence electrons. The van der Waals surface area contributed by atoms with Crippen LogP contribution in [0.15, 0.2) is 35.1 Å². The van der Waals surface area contributed by atoms with Crippen LogP contribution in [-0.4, -0.2) is 50.6 Å². The monoisotopic (exact) mass is 411 g/mol. The van der Waals surface area contributed by atoms with Crippen molar-refractivity contribution >= 4 is 16.3 Å². The maximum atomic E-state index is 12.3. The van der Waals surface area contributed by atoms with Gasteiger partial charge in [0, 0.05) is 45.3 Å². The van der Waals surface area contributed by atoms with E-state index in [0.29, 0.717) is 10.9 Å². The van der Waals surface area contributed by atoms with E-state index < -0.39 is 0 Å². The number of aromatic nitrogens is 3. The molecule has 0 atom stereocenters. The maximum absolute atomic E-state index is 12.3. The van der Waals surface area contributed by atoms with Gasteiger partial charge in [-0.2, -0.15) is 9.61 Å². The second-order valence-corrected chi connectivity index (χ2v) is 9.12. The van der Waals surface area contributed by atoms with Crippen LogP contribution < -0.4 is 5.56 Å². The van der Waals surface area contributed by atoms with E-state index in [1.807, 2.05) is 6.92 Å². The molecule has 1 fully saturated rings. The summed E-state index contributed by atoms with van der Waals surface area (Å²) >= 11 is 1.51. The van der Waals surface area contributed by atoms with E-state index in [1.165, 1.54) is 27.0 Å². The minimum absolute atomic E-state index is 0.0792. The average molecular weight is 412 g/mol. The van der Waals surface area contributed by atoms with Crippen molar-refractivity contribution in [1.29, 1.82) is 0 Å². The lowest BCUT2D eigenvalue weighted by Gasteiger charge is -2.34. The van der Waals surface area contributed by atoms with Gasteiger partial charge in [0.1, 0.15) is 5.01 Å². The lowest BCUT2D eigenvalue weighted by Crippen LogP contribution is -2.45. The zero-order valence-corrected chi connectivity index (χ0v) is 18.3. The Morgan fingerprint density at radius 3 is 2.31 bits per heavy atom. The summed E-state index contributed by atoms with van der Waals surface area (Å²) in [7, 11) is 0. The summed E-state index contributed by atoms with van der Waals surface area (Å²) in [5, 5.41) is 5.27. The number of aryl methyl sites for hydroxylation is 1. The summed E-state index contributed by atoms with van der Waals surface area (Å²) in [4.78, 5) is 22.6. The highest BCUT2D eigenvalue weighted by Crippen LogP contribution is 2.17. The highest BCUT2D eigenvalue weighted by atomic mass is 32.1. The molecule has 3 aromatic rings. The van der Waals surface area contributed by atoms with Gasteiger partial charge >= 0.3 is 0 Å². The molecule has 0 radical (unpaired) electrons. The molecule has 1 aromatic carbocycles. The summed E-state index contributed by atoms with van der Waals surface area (Å²) < 4.78 is 1.43. The predicted octanol–water partition coefficient (Wildman–Crippen LogP) is 3.15. The van der Waals surface area contributed by atoms with Gasteiger partial charge in [-0.1, -0.05) is 56.4 Å². The molecular formula is C22H29N5OS. The fourth-order valence-corrected chi connectivity index (χ4v) is 4.58. The van der Waals surface area contributed by atoms with Crippen molar-refractivity contribution in [3.05, 3.63) is 62.5 Å². The Balaban J connectivity index is 1.34. The van der Waals surface area contributed by atoms with Crippen LogP contribution >= 0.6 is 11.3 Å². The summed E-state index contributed by atoms with van der Waals surface area (Å²) in [6.45, 7) is 12.3. The van der Waals surface area contributed by atoms with Crippen LogP contribution in [0.1, 0.15) is 48.5 Å². The van der Waals surface area contributed by atoms with Gasteiger partial charge in [0.25, 0.3) is 5.56 Å². The lowest BCUT2D eigenvalue weighted by molar-refractivity contribution is 0.121. The molecule has 0 aliphatic carbocycles. The molecule has 0 bridgehead atoms. The molecule has 6 nitrogen and oxygen atoms in total. The topological polar surface area (TPSA) is 53.7 Å². The van der Waals surface area contributed by atoms with Crippen LogP contribution in [0.5, 0.6) is 0 Å². The van der Waals surface area contributed by atoms with Gasteiger partial charge in [0.05, 0.1) is 5.69 Å². The van der Waals surface area contributed by atoms with E-state index in [9.17, 15) is 4.79 Å². The van der Waals surface area contributed by atoms with E-state index in [1.54, 1.807) is 6.07 Å². The van der Waals surface area contributed by atoms with Crippen molar-refractivity contribution in [2.45, 2.75) is 46.2 Å². The summed E-state index contributed by atoms with van der Waals surface area (Å²) in [6, 6.07) is 10.6. The molecule has 0 saturated carbocycles. The van der Waals surface area contributed by atoms with Crippen LogP contribution in [0, 0.1) is 0 Å². The molecule has 29 heavy (non-hydrogen) atoms. The maximum Gasteiger partial charge on any atom is 0.275 e. The second-order valence-electron chi connectivity index (χ2n) is 8.08. The molecule has 2 aromatic heterocycles. The zero-order valence-electron chi connectivity index (χ0n) is 17.5. The Hall–Kier alpha value is -2.09. The minimum atomic E-state index is -0.0792. The van der Waals surface area contributed by atoms with Crippen LogP contribution in [-0.2, 0) is 19.5 Å². The smallest absolute Gasteiger partial charge is 0.275 e. The van der Waals surface area contributed by atoms with Gasteiger partial charge in [-0.3, -0.25) is 14.6 Å². The number of nitrogens with zero attached hydrogens (tertiary/aromatic N) is 5. The van der Waals surface area contributed by atoms with Gasteiger partial charge in [-0.25, -0.2) is 4.98 Å². The van der Waals surface area contributed by atoms with Gasteiger partial charge < -0.3 is 0 Å². The second kappa shape index (κ2) is 8.73. The number of hydrogen-bond acceptors (Lipinski definition) is 6. The predicted molar refractivity (Wildman–Crippen MR) is 118 cm³/mol. The fraction of sp³-hybridized carbons (Fsp3) is 0.500. The first kappa shape index (κ1) is 20.2. The molecule has 1 aliphatic heterocycles. The first-order valence-corrected chi connectivity index (χ1v) is 11.3. The third kappa shape index (κ3) is 4.74. The number of rotatable bonds is 6. The van der Waals surface area contributed by atoms with Crippen LogP contribution in [0.2, 0.25) is 0 Å². The quantitative estimate of drug-likeness (QED) is 0.624. The Kier molecular flexibility index (Phi) is 6.08. The third-order valence-corrected chi connectivity index (χ3v) is 6.60. The van der Waals surface area contributed by atoms with Crippen molar-refractivity contribution in [2.24, 2.45) is 0 Å². The van der Waals surface area contributed by atoms with E-state index in [2.05, 4.69) is 58.0 Å². The largest absolute Gasteiger partial charge is 0.297 e.